The fourth-order valence-corrected chi connectivity index (χ4v) is 2.22. The molecule has 0 saturated heterocycles. The monoisotopic (exact) mass is 270 g/mol. The lowest BCUT2D eigenvalue weighted by Gasteiger charge is -2.23. The predicted octanol–water partition coefficient (Wildman–Crippen LogP) is 6.50. The largest absolute Gasteiger partial charge is 0.376 e. The standard InChI is InChI=1S/C18H38O/c1-5-7-8-9-10-11-12-13-14-15-16-17-19-18(3,4)6-2/h5-17H2,1-4H3. The molecule has 0 spiro atoms. The zero-order valence-electron chi connectivity index (χ0n) is 14.1. The highest BCUT2D eigenvalue weighted by Crippen LogP contribution is 2.15. The Balaban J connectivity index is 3.07. The van der Waals surface area contributed by atoms with Crippen molar-refractivity contribution in [1.29, 1.82) is 0 Å². The molecule has 116 valence electrons. The molecule has 0 aromatic heterocycles. The quantitative estimate of drug-likeness (QED) is 0.327. The third-order valence-electron chi connectivity index (χ3n) is 4.09. The molecule has 1 nitrogen and oxygen atoms in total. The second-order valence-corrected chi connectivity index (χ2v) is 6.50. The van der Waals surface area contributed by atoms with Crippen molar-refractivity contribution in [1.82, 2.24) is 0 Å². The Labute approximate surface area is 122 Å². The number of hydrogen-bond acceptors (Lipinski definition) is 1. The molecule has 0 aromatic carbocycles. The van der Waals surface area contributed by atoms with E-state index in [4.69, 9.17) is 4.74 Å². The summed E-state index contributed by atoms with van der Waals surface area (Å²) < 4.78 is 5.86. The van der Waals surface area contributed by atoms with Crippen LogP contribution in [0.2, 0.25) is 0 Å². The van der Waals surface area contributed by atoms with Crippen LogP contribution in [-0.2, 0) is 4.74 Å². The molecule has 19 heavy (non-hydrogen) atoms. The van der Waals surface area contributed by atoms with Crippen molar-refractivity contribution in [3.63, 3.8) is 0 Å². The van der Waals surface area contributed by atoms with E-state index in [0.29, 0.717) is 0 Å². The summed E-state index contributed by atoms with van der Waals surface area (Å²) in [5.74, 6) is 0. The molecule has 0 aromatic rings. The fraction of sp³-hybridized carbons (Fsp3) is 1.00. The highest BCUT2D eigenvalue weighted by Gasteiger charge is 2.13. The molecule has 0 saturated carbocycles. The van der Waals surface area contributed by atoms with Crippen LogP contribution >= 0.6 is 0 Å². The summed E-state index contributed by atoms with van der Waals surface area (Å²) in [5.41, 5.74) is 0.0818. The normalized spacial score (nSPS) is 12.0. The van der Waals surface area contributed by atoms with E-state index < -0.39 is 0 Å². The lowest BCUT2D eigenvalue weighted by molar-refractivity contribution is -0.0216. The van der Waals surface area contributed by atoms with Crippen molar-refractivity contribution < 1.29 is 4.74 Å². The summed E-state index contributed by atoms with van der Waals surface area (Å²) >= 11 is 0. The molecule has 0 aliphatic heterocycles. The first-order valence-corrected chi connectivity index (χ1v) is 8.76. The van der Waals surface area contributed by atoms with Crippen LogP contribution in [0.3, 0.4) is 0 Å². The van der Waals surface area contributed by atoms with Crippen LogP contribution in [0.15, 0.2) is 0 Å². The molecule has 0 atom stereocenters. The van der Waals surface area contributed by atoms with Gasteiger partial charge in [-0.2, -0.15) is 0 Å². The minimum absolute atomic E-state index is 0.0818. The molecule has 0 bridgehead atoms. The molecule has 0 aliphatic carbocycles. The first kappa shape index (κ1) is 19.0. The van der Waals surface area contributed by atoms with Crippen molar-refractivity contribution in [3.05, 3.63) is 0 Å². The van der Waals surface area contributed by atoms with Gasteiger partial charge >= 0.3 is 0 Å². The van der Waals surface area contributed by atoms with Crippen LogP contribution in [0.1, 0.15) is 105 Å². The predicted molar refractivity (Wildman–Crippen MR) is 86.8 cm³/mol. The van der Waals surface area contributed by atoms with Gasteiger partial charge in [-0.15, -0.1) is 0 Å². The molecule has 1 heteroatoms. The summed E-state index contributed by atoms with van der Waals surface area (Å²) in [7, 11) is 0. The molecule has 0 fully saturated rings. The Bertz CT molecular complexity index is 175. The van der Waals surface area contributed by atoms with Gasteiger partial charge < -0.3 is 4.74 Å². The highest BCUT2D eigenvalue weighted by molar-refractivity contribution is 4.64. The van der Waals surface area contributed by atoms with Gasteiger partial charge in [-0.05, 0) is 26.7 Å². The molecule has 0 aliphatic rings. The van der Waals surface area contributed by atoms with Gasteiger partial charge in [0.15, 0.2) is 0 Å². The minimum atomic E-state index is 0.0818. The summed E-state index contributed by atoms with van der Waals surface area (Å²) in [4.78, 5) is 0. The zero-order chi connectivity index (χ0) is 14.4. The summed E-state index contributed by atoms with van der Waals surface area (Å²) in [5, 5.41) is 0. The van der Waals surface area contributed by atoms with Gasteiger partial charge in [0.05, 0.1) is 5.60 Å². The molecule has 0 unspecified atom stereocenters. The van der Waals surface area contributed by atoms with Crippen molar-refractivity contribution in [2.24, 2.45) is 0 Å². The first-order valence-electron chi connectivity index (χ1n) is 8.76. The Morgan fingerprint density at radius 2 is 1.05 bits per heavy atom. The van der Waals surface area contributed by atoms with E-state index in [1.807, 2.05) is 0 Å². The van der Waals surface area contributed by atoms with Crippen LogP contribution in [0.5, 0.6) is 0 Å². The first-order chi connectivity index (χ1) is 9.12. The maximum absolute atomic E-state index is 5.86. The maximum Gasteiger partial charge on any atom is 0.0623 e. The Morgan fingerprint density at radius 3 is 1.47 bits per heavy atom. The average Bonchev–Trinajstić information content (AvgIpc) is 2.40. The van der Waals surface area contributed by atoms with Crippen LogP contribution in [0.4, 0.5) is 0 Å². The summed E-state index contributed by atoms with van der Waals surface area (Å²) in [6.45, 7) is 9.79. The number of ether oxygens (including phenoxy) is 1. The molecule has 0 amide bonds. The van der Waals surface area contributed by atoms with Crippen LogP contribution in [-0.4, -0.2) is 12.2 Å². The third kappa shape index (κ3) is 14.2. The van der Waals surface area contributed by atoms with E-state index in [0.717, 1.165) is 13.0 Å². The highest BCUT2D eigenvalue weighted by atomic mass is 16.5. The number of rotatable bonds is 14. The summed E-state index contributed by atoms with van der Waals surface area (Å²) in [6.07, 6.45) is 16.5. The van der Waals surface area contributed by atoms with E-state index in [1.165, 1.54) is 70.6 Å². The van der Waals surface area contributed by atoms with E-state index in [2.05, 4.69) is 27.7 Å². The molecular weight excluding hydrogens is 232 g/mol. The SMILES string of the molecule is CCCCCCCCCCCCCOC(C)(C)CC. The van der Waals surface area contributed by atoms with Gasteiger partial charge in [-0.3, -0.25) is 0 Å². The van der Waals surface area contributed by atoms with Gasteiger partial charge in [0.25, 0.3) is 0 Å². The molecular formula is C18H38O. The van der Waals surface area contributed by atoms with Crippen molar-refractivity contribution >= 4 is 0 Å². The van der Waals surface area contributed by atoms with Gasteiger partial charge in [0.1, 0.15) is 0 Å². The Morgan fingerprint density at radius 1 is 0.632 bits per heavy atom. The average molecular weight is 271 g/mol. The van der Waals surface area contributed by atoms with Crippen LogP contribution < -0.4 is 0 Å². The van der Waals surface area contributed by atoms with Crippen molar-refractivity contribution in [2.75, 3.05) is 6.61 Å². The van der Waals surface area contributed by atoms with Crippen molar-refractivity contribution in [3.8, 4) is 0 Å². The minimum Gasteiger partial charge on any atom is -0.376 e. The summed E-state index contributed by atoms with van der Waals surface area (Å²) in [6, 6.07) is 0. The van der Waals surface area contributed by atoms with Gasteiger partial charge in [0.2, 0.25) is 0 Å². The van der Waals surface area contributed by atoms with Crippen molar-refractivity contribution in [2.45, 2.75) is 110 Å². The molecule has 0 rings (SSSR count). The van der Waals surface area contributed by atoms with Gasteiger partial charge in [0, 0.05) is 6.61 Å². The van der Waals surface area contributed by atoms with Crippen LogP contribution in [0.25, 0.3) is 0 Å². The van der Waals surface area contributed by atoms with E-state index in [-0.39, 0.29) is 5.60 Å². The smallest absolute Gasteiger partial charge is 0.0623 e. The van der Waals surface area contributed by atoms with Crippen LogP contribution in [0, 0.1) is 0 Å². The fourth-order valence-electron chi connectivity index (χ4n) is 2.22. The molecule has 0 heterocycles. The van der Waals surface area contributed by atoms with Gasteiger partial charge in [-0.1, -0.05) is 78.1 Å². The van der Waals surface area contributed by atoms with E-state index in [9.17, 15) is 0 Å². The Kier molecular flexibility index (Phi) is 12.9. The lowest BCUT2D eigenvalue weighted by Crippen LogP contribution is -2.23. The van der Waals surface area contributed by atoms with Gasteiger partial charge in [-0.25, -0.2) is 0 Å². The van der Waals surface area contributed by atoms with E-state index in [1.54, 1.807) is 0 Å². The molecule has 0 N–H and O–H groups in total. The second kappa shape index (κ2) is 13.0. The van der Waals surface area contributed by atoms with E-state index >= 15 is 0 Å². The number of hydrogen-bond donors (Lipinski definition) is 0. The molecule has 0 radical (unpaired) electrons. The maximum atomic E-state index is 5.86. The topological polar surface area (TPSA) is 9.23 Å². The second-order valence-electron chi connectivity index (χ2n) is 6.50. The number of unbranched alkanes of at least 4 members (excludes halogenated alkanes) is 10. The lowest BCUT2D eigenvalue weighted by atomic mass is 10.1. The Hall–Kier alpha value is -0.0400. The zero-order valence-corrected chi connectivity index (χ0v) is 14.1. The third-order valence-corrected chi connectivity index (χ3v) is 4.09.